The Bertz CT molecular complexity index is 1270. The smallest absolute Gasteiger partial charge is 0.262 e. The summed E-state index contributed by atoms with van der Waals surface area (Å²) in [5.74, 6) is 0. The molecule has 3 aromatic heterocycles. The number of rotatable bonds is 3. The summed E-state index contributed by atoms with van der Waals surface area (Å²) >= 11 is 0. The van der Waals surface area contributed by atoms with E-state index in [-0.39, 0.29) is 5.56 Å². The molecule has 0 atom stereocenters. The molecule has 30 heavy (non-hydrogen) atoms. The molecule has 1 saturated carbocycles. The Kier molecular flexibility index (Phi) is 4.14. The summed E-state index contributed by atoms with van der Waals surface area (Å²) < 4.78 is 4.39. The largest absolute Gasteiger partial charge is 0.370 e. The molecule has 4 heterocycles. The van der Waals surface area contributed by atoms with E-state index in [1.807, 2.05) is 10.9 Å². The van der Waals surface area contributed by atoms with E-state index in [1.165, 1.54) is 43.9 Å². The maximum Gasteiger partial charge on any atom is 0.262 e. The lowest BCUT2D eigenvalue weighted by atomic mass is 9.95. The molecular formula is C23H26N6O. The molecule has 154 valence electrons. The third-order valence-corrected chi connectivity index (χ3v) is 6.82. The number of nitrogens with zero attached hydrogens (tertiary/aromatic N) is 5. The highest BCUT2D eigenvalue weighted by atomic mass is 16.1. The summed E-state index contributed by atoms with van der Waals surface area (Å²) in [5.41, 5.74) is 4.77. The van der Waals surface area contributed by atoms with Crippen LogP contribution in [0.3, 0.4) is 0 Å². The second kappa shape index (κ2) is 7.00. The highest BCUT2D eigenvalue weighted by Gasteiger charge is 2.22. The van der Waals surface area contributed by atoms with E-state index in [9.17, 15) is 4.79 Å². The van der Waals surface area contributed by atoms with Crippen LogP contribution >= 0.6 is 0 Å². The SMILES string of the molecule is O=c1[nH]cnc2c1c(N1CCCC1)cn2-c1ccc2c(c1)ncn2C1CCCCC1. The molecule has 4 aromatic rings. The molecule has 1 aliphatic heterocycles. The number of aromatic amines is 1. The Morgan fingerprint density at radius 2 is 1.83 bits per heavy atom. The molecule has 6 rings (SSSR count). The zero-order chi connectivity index (χ0) is 20.1. The third-order valence-electron chi connectivity index (χ3n) is 6.82. The van der Waals surface area contributed by atoms with Crippen LogP contribution in [-0.2, 0) is 0 Å². The van der Waals surface area contributed by atoms with Gasteiger partial charge in [-0.05, 0) is 43.9 Å². The van der Waals surface area contributed by atoms with E-state index >= 15 is 0 Å². The van der Waals surface area contributed by atoms with Crippen LogP contribution in [0.25, 0.3) is 27.8 Å². The topological polar surface area (TPSA) is 71.7 Å². The van der Waals surface area contributed by atoms with Crippen molar-refractivity contribution in [1.29, 1.82) is 0 Å². The molecule has 0 unspecified atom stereocenters. The molecule has 1 aliphatic carbocycles. The average Bonchev–Trinajstić information content (AvgIpc) is 3.52. The van der Waals surface area contributed by atoms with Crippen LogP contribution in [0, 0.1) is 0 Å². The summed E-state index contributed by atoms with van der Waals surface area (Å²) in [7, 11) is 0. The monoisotopic (exact) mass is 402 g/mol. The Hall–Kier alpha value is -3.09. The van der Waals surface area contributed by atoms with Gasteiger partial charge in [0.25, 0.3) is 5.56 Å². The van der Waals surface area contributed by atoms with Gasteiger partial charge in [-0.2, -0.15) is 0 Å². The van der Waals surface area contributed by atoms with Crippen LogP contribution in [0.1, 0.15) is 51.0 Å². The molecule has 0 spiro atoms. The molecule has 7 heteroatoms. The van der Waals surface area contributed by atoms with Crippen LogP contribution in [0.5, 0.6) is 0 Å². The van der Waals surface area contributed by atoms with Crippen molar-refractivity contribution in [3.05, 3.63) is 47.4 Å². The van der Waals surface area contributed by atoms with Gasteiger partial charge < -0.3 is 14.5 Å². The van der Waals surface area contributed by atoms with Crippen molar-refractivity contribution in [2.45, 2.75) is 51.0 Å². The summed E-state index contributed by atoms with van der Waals surface area (Å²) in [6, 6.07) is 6.97. The lowest BCUT2D eigenvalue weighted by Crippen LogP contribution is -2.19. The molecule has 2 fully saturated rings. The first-order valence-electron chi connectivity index (χ1n) is 11.1. The minimum absolute atomic E-state index is 0.0803. The van der Waals surface area contributed by atoms with Crippen molar-refractivity contribution in [3.63, 3.8) is 0 Å². The van der Waals surface area contributed by atoms with Crippen molar-refractivity contribution < 1.29 is 0 Å². The molecule has 1 N–H and O–H groups in total. The van der Waals surface area contributed by atoms with Gasteiger partial charge in [-0.1, -0.05) is 19.3 Å². The maximum absolute atomic E-state index is 12.6. The number of anilines is 1. The second-order valence-corrected chi connectivity index (χ2v) is 8.63. The van der Waals surface area contributed by atoms with Gasteiger partial charge in [0.1, 0.15) is 5.39 Å². The molecule has 1 saturated heterocycles. The minimum Gasteiger partial charge on any atom is -0.370 e. The number of aromatic nitrogens is 5. The van der Waals surface area contributed by atoms with Gasteiger partial charge in [0, 0.05) is 31.0 Å². The quantitative estimate of drug-likeness (QED) is 0.558. The number of hydrogen-bond donors (Lipinski definition) is 1. The van der Waals surface area contributed by atoms with Crippen molar-refractivity contribution in [3.8, 4) is 5.69 Å². The van der Waals surface area contributed by atoms with Crippen LogP contribution in [0.4, 0.5) is 5.69 Å². The van der Waals surface area contributed by atoms with Crippen molar-refractivity contribution in [2.24, 2.45) is 0 Å². The lowest BCUT2D eigenvalue weighted by molar-refractivity contribution is 0.359. The molecule has 0 radical (unpaired) electrons. The van der Waals surface area contributed by atoms with Crippen molar-refractivity contribution in [1.82, 2.24) is 24.1 Å². The first kappa shape index (κ1) is 17.7. The van der Waals surface area contributed by atoms with Crippen LogP contribution in [0.15, 0.2) is 41.8 Å². The van der Waals surface area contributed by atoms with Gasteiger partial charge >= 0.3 is 0 Å². The predicted octanol–water partition coefficient (Wildman–Crippen LogP) is 4.17. The summed E-state index contributed by atoms with van der Waals surface area (Å²) in [4.78, 5) is 26.9. The Morgan fingerprint density at radius 1 is 1.00 bits per heavy atom. The van der Waals surface area contributed by atoms with Gasteiger partial charge in [-0.3, -0.25) is 9.36 Å². The number of H-pyrrole nitrogens is 1. The van der Waals surface area contributed by atoms with E-state index in [1.54, 1.807) is 0 Å². The highest BCUT2D eigenvalue weighted by Crippen LogP contribution is 2.33. The maximum atomic E-state index is 12.6. The third kappa shape index (κ3) is 2.75. The van der Waals surface area contributed by atoms with Crippen LogP contribution < -0.4 is 10.5 Å². The van der Waals surface area contributed by atoms with Gasteiger partial charge in [-0.15, -0.1) is 0 Å². The van der Waals surface area contributed by atoms with Gasteiger partial charge in [0.2, 0.25) is 0 Å². The predicted molar refractivity (Wildman–Crippen MR) is 119 cm³/mol. The fourth-order valence-electron chi connectivity index (χ4n) is 5.27. The summed E-state index contributed by atoms with van der Waals surface area (Å²) in [5, 5.41) is 0.673. The molecular weight excluding hydrogens is 376 g/mol. The standard InChI is InChI=1S/C23H26N6O/c30-23-21-20(27-10-4-5-11-27)13-28(22(21)24-14-25-23)17-8-9-19-18(12-17)26-15-29(19)16-6-2-1-3-7-16/h8-9,12-16H,1-7,10-11H2,(H,24,25,30). The number of fused-ring (bicyclic) bond motifs is 2. The average molecular weight is 403 g/mol. The molecule has 0 bridgehead atoms. The Morgan fingerprint density at radius 3 is 2.67 bits per heavy atom. The summed E-state index contributed by atoms with van der Waals surface area (Å²) in [6.45, 7) is 1.97. The number of imidazole rings is 1. The molecule has 7 nitrogen and oxygen atoms in total. The van der Waals surface area contributed by atoms with Crippen LogP contribution in [0.2, 0.25) is 0 Å². The normalized spacial score (nSPS) is 18.1. The zero-order valence-electron chi connectivity index (χ0n) is 17.0. The van der Waals surface area contributed by atoms with Gasteiger partial charge in [-0.25, -0.2) is 9.97 Å². The van der Waals surface area contributed by atoms with E-state index in [0.717, 1.165) is 42.8 Å². The molecule has 0 amide bonds. The molecule has 2 aliphatic rings. The Labute approximate surface area is 174 Å². The van der Waals surface area contributed by atoms with Crippen molar-refractivity contribution >= 4 is 27.8 Å². The van der Waals surface area contributed by atoms with Crippen LogP contribution in [-0.4, -0.2) is 37.2 Å². The second-order valence-electron chi connectivity index (χ2n) is 8.63. The van der Waals surface area contributed by atoms with E-state index in [4.69, 9.17) is 4.98 Å². The fraction of sp³-hybridized carbons (Fsp3) is 0.435. The first-order chi connectivity index (χ1) is 14.8. The fourth-order valence-corrected chi connectivity index (χ4v) is 5.27. The summed E-state index contributed by atoms with van der Waals surface area (Å²) in [6.07, 6.45) is 14.3. The van der Waals surface area contributed by atoms with E-state index in [2.05, 4.69) is 43.8 Å². The zero-order valence-corrected chi connectivity index (χ0v) is 17.0. The first-order valence-corrected chi connectivity index (χ1v) is 11.1. The van der Waals surface area contributed by atoms with E-state index in [0.29, 0.717) is 17.1 Å². The Balaban J connectivity index is 1.47. The van der Waals surface area contributed by atoms with Gasteiger partial charge in [0.05, 0.1) is 29.4 Å². The number of hydrogen-bond acceptors (Lipinski definition) is 4. The molecule has 1 aromatic carbocycles. The highest BCUT2D eigenvalue weighted by molar-refractivity contribution is 5.92. The minimum atomic E-state index is -0.0803. The number of nitrogens with one attached hydrogen (secondary N) is 1. The lowest BCUT2D eigenvalue weighted by Gasteiger charge is -2.23. The van der Waals surface area contributed by atoms with E-state index < -0.39 is 0 Å². The number of benzene rings is 1. The van der Waals surface area contributed by atoms with Gasteiger partial charge in [0.15, 0.2) is 5.65 Å². The van der Waals surface area contributed by atoms with Crippen molar-refractivity contribution in [2.75, 3.05) is 18.0 Å².